The van der Waals surface area contributed by atoms with Crippen molar-refractivity contribution in [1.82, 2.24) is 15.2 Å². The van der Waals surface area contributed by atoms with Crippen LogP contribution in [0.3, 0.4) is 0 Å². The van der Waals surface area contributed by atoms with Gasteiger partial charge >= 0.3 is 0 Å². The lowest BCUT2D eigenvalue weighted by Crippen LogP contribution is -2.14. The van der Waals surface area contributed by atoms with Gasteiger partial charge in [0.1, 0.15) is 17.7 Å². The van der Waals surface area contributed by atoms with E-state index in [0.29, 0.717) is 22.5 Å². The highest BCUT2D eigenvalue weighted by Gasteiger charge is 2.17. The zero-order valence-corrected chi connectivity index (χ0v) is 15.0. The molecule has 2 aromatic heterocycles. The van der Waals surface area contributed by atoms with E-state index < -0.39 is 11.7 Å². The van der Waals surface area contributed by atoms with Gasteiger partial charge in [-0.25, -0.2) is 9.37 Å². The summed E-state index contributed by atoms with van der Waals surface area (Å²) < 4.78 is 14.4. The number of aliphatic hydroxyl groups excluding tert-OH is 1. The molecule has 0 atom stereocenters. The molecule has 0 unspecified atom stereocenters. The maximum atomic E-state index is 14.4. The van der Waals surface area contributed by atoms with Crippen molar-refractivity contribution >= 4 is 17.5 Å². The molecule has 28 heavy (non-hydrogen) atoms. The molecule has 0 aliphatic carbocycles. The molecule has 0 radical (unpaired) electrons. The fourth-order valence-corrected chi connectivity index (χ4v) is 2.68. The van der Waals surface area contributed by atoms with E-state index in [1.165, 1.54) is 24.5 Å². The largest absolute Gasteiger partial charge is 0.395 e. The number of halogens is 1. The Morgan fingerprint density at radius 2 is 2.21 bits per heavy atom. The molecule has 0 saturated carbocycles. The number of rotatable bonds is 6. The summed E-state index contributed by atoms with van der Waals surface area (Å²) in [6.45, 7) is 1.87. The molecule has 142 valence electrons. The second kappa shape index (κ2) is 8.28. The van der Waals surface area contributed by atoms with Crippen LogP contribution in [-0.4, -0.2) is 39.3 Å². The number of aromatic nitrogens is 3. The first kappa shape index (κ1) is 19.0. The first-order chi connectivity index (χ1) is 13.5. The fraction of sp³-hybridized carbons (Fsp3) is 0.158. The van der Waals surface area contributed by atoms with E-state index in [1.54, 1.807) is 19.1 Å². The predicted molar refractivity (Wildman–Crippen MR) is 101 cm³/mol. The number of carbonyl (C=O) groups is 1. The summed E-state index contributed by atoms with van der Waals surface area (Å²) >= 11 is 0. The summed E-state index contributed by atoms with van der Waals surface area (Å²) in [5.41, 5.74) is 1.86. The minimum absolute atomic E-state index is 0.0974. The zero-order valence-electron chi connectivity index (χ0n) is 15.0. The van der Waals surface area contributed by atoms with Crippen molar-refractivity contribution in [3.63, 3.8) is 0 Å². The lowest BCUT2D eigenvalue weighted by atomic mass is 9.97. The molecule has 8 nitrogen and oxygen atoms in total. The second-order valence-corrected chi connectivity index (χ2v) is 5.94. The standard InChI is InChI=1S/C19H17FN6O2/c1-11-6-16(20)15(19(28)25-17-2-3-24-26-17)8-14(11)13-7-12(9-21)18(23-10-13)22-4-5-27/h2-3,6-8,10,27H,4-5H2,1H3,(H,22,23)(H2,24,25,26,28). The van der Waals surface area contributed by atoms with Crippen LogP contribution < -0.4 is 10.6 Å². The van der Waals surface area contributed by atoms with E-state index in [0.717, 1.165) is 0 Å². The topological polar surface area (TPSA) is 127 Å². The number of benzene rings is 1. The van der Waals surface area contributed by atoms with Gasteiger partial charge in [-0.2, -0.15) is 10.4 Å². The van der Waals surface area contributed by atoms with Gasteiger partial charge in [0, 0.05) is 30.6 Å². The van der Waals surface area contributed by atoms with Crippen LogP contribution in [0.25, 0.3) is 11.1 Å². The Bertz CT molecular complexity index is 1040. The number of anilines is 2. The molecule has 0 spiro atoms. The Morgan fingerprint density at radius 1 is 1.39 bits per heavy atom. The van der Waals surface area contributed by atoms with Crippen LogP contribution in [0, 0.1) is 24.1 Å². The van der Waals surface area contributed by atoms with Crippen molar-refractivity contribution in [3.8, 4) is 17.2 Å². The first-order valence-electron chi connectivity index (χ1n) is 8.40. The Hall–Kier alpha value is -3.77. The van der Waals surface area contributed by atoms with Gasteiger partial charge in [-0.15, -0.1) is 0 Å². The average molecular weight is 380 g/mol. The summed E-state index contributed by atoms with van der Waals surface area (Å²) in [5.74, 6) is -0.680. The number of hydrogen-bond acceptors (Lipinski definition) is 6. The Kier molecular flexibility index (Phi) is 5.62. The lowest BCUT2D eigenvalue weighted by Gasteiger charge is -2.12. The minimum atomic E-state index is -0.663. The van der Waals surface area contributed by atoms with Crippen LogP contribution in [0.15, 0.2) is 36.7 Å². The third-order valence-corrected chi connectivity index (χ3v) is 4.02. The molecular weight excluding hydrogens is 363 g/mol. The number of nitrogens with one attached hydrogen (secondary N) is 3. The van der Waals surface area contributed by atoms with Crippen LogP contribution in [0.5, 0.6) is 0 Å². The summed E-state index contributed by atoms with van der Waals surface area (Å²) in [5, 5.41) is 30.0. The van der Waals surface area contributed by atoms with Crippen LogP contribution in [0.2, 0.25) is 0 Å². The smallest absolute Gasteiger partial charge is 0.259 e. The molecule has 0 saturated heterocycles. The van der Waals surface area contributed by atoms with Gasteiger partial charge in [0.2, 0.25) is 0 Å². The van der Waals surface area contributed by atoms with E-state index in [9.17, 15) is 14.4 Å². The van der Waals surface area contributed by atoms with Gasteiger partial charge in [-0.1, -0.05) is 0 Å². The quantitative estimate of drug-likeness (QED) is 0.520. The van der Waals surface area contributed by atoms with E-state index in [-0.39, 0.29) is 30.1 Å². The molecule has 4 N–H and O–H groups in total. The number of hydrogen-bond donors (Lipinski definition) is 4. The number of amides is 1. The van der Waals surface area contributed by atoms with Crippen LogP contribution in [0.1, 0.15) is 21.5 Å². The van der Waals surface area contributed by atoms with Crippen molar-refractivity contribution in [1.29, 1.82) is 5.26 Å². The number of aryl methyl sites for hydroxylation is 1. The molecule has 1 amide bonds. The van der Waals surface area contributed by atoms with E-state index >= 15 is 0 Å². The lowest BCUT2D eigenvalue weighted by molar-refractivity contribution is 0.102. The SMILES string of the molecule is Cc1cc(F)c(C(=O)Nc2cc[nH]n2)cc1-c1cnc(NCCO)c(C#N)c1. The maximum Gasteiger partial charge on any atom is 0.259 e. The number of nitrogens with zero attached hydrogens (tertiary/aromatic N) is 3. The maximum absolute atomic E-state index is 14.4. The Morgan fingerprint density at radius 3 is 2.89 bits per heavy atom. The van der Waals surface area contributed by atoms with Gasteiger partial charge in [-0.3, -0.25) is 9.89 Å². The molecule has 3 aromatic rings. The van der Waals surface area contributed by atoms with Crippen LogP contribution in [-0.2, 0) is 0 Å². The van der Waals surface area contributed by atoms with Crippen LogP contribution >= 0.6 is 0 Å². The molecule has 1 aromatic carbocycles. The number of nitriles is 1. The number of aromatic amines is 1. The first-order valence-corrected chi connectivity index (χ1v) is 8.40. The summed E-state index contributed by atoms with van der Waals surface area (Å²) in [6, 6.07) is 7.87. The molecule has 0 fully saturated rings. The van der Waals surface area contributed by atoms with Gasteiger partial charge in [0.25, 0.3) is 5.91 Å². The predicted octanol–water partition coefficient (Wildman–Crippen LogP) is 2.45. The summed E-state index contributed by atoms with van der Waals surface area (Å²) in [6.07, 6.45) is 3.06. The molecule has 2 heterocycles. The number of aliphatic hydroxyl groups is 1. The molecular formula is C19H17FN6O2. The van der Waals surface area contributed by atoms with Gasteiger partial charge in [0.15, 0.2) is 5.82 Å². The number of pyridine rings is 1. The third-order valence-electron chi connectivity index (χ3n) is 4.02. The highest BCUT2D eigenvalue weighted by atomic mass is 19.1. The van der Waals surface area contributed by atoms with Crippen molar-refractivity contribution in [2.24, 2.45) is 0 Å². The van der Waals surface area contributed by atoms with Crippen molar-refractivity contribution < 1.29 is 14.3 Å². The Balaban J connectivity index is 1.98. The minimum Gasteiger partial charge on any atom is -0.395 e. The Labute approximate surface area is 160 Å². The van der Waals surface area contributed by atoms with E-state index in [2.05, 4.69) is 25.8 Å². The van der Waals surface area contributed by atoms with Gasteiger partial charge in [-0.05, 0) is 36.2 Å². The fourth-order valence-electron chi connectivity index (χ4n) is 2.68. The van der Waals surface area contributed by atoms with Crippen molar-refractivity contribution in [3.05, 3.63) is 59.2 Å². The third kappa shape index (κ3) is 3.97. The molecule has 0 bridgehead atoms. The van der Waals surface area contributed by atoms with E-state index in [1.807, 2.05) is 6.07 Å². The second-order valence-electron chi connectivity index (χ2n) is 5.94. The molecule has 0 aliphatic rings. The van der Waals surface area contributed by atoms with Gasteiger partial charge < -0.3 is 15.7 Å². The number of carbonyl (C=O) groups excluding carboxylic acids is 1. The highest BCUT2D eigenvalue weighted by molar-refractivity contribution is 6.04. The van der Waals surface area contributed by atoms with Gasteiger partial charge in [0.05, 0.1) is 17.7 Å². The summed E-state index contributed by atoms with van der Waals surface area (Å²) in [7, 11) is 0. The molecule has 9 heteroatoms. The number of H-pyrrole nitrogens is 1. The van der Waals surface area contributed by atoms with Crippen LogP contribution in [0.4, 0.5) is 16.0 Å². The van der Waals surface area contributed by atoms with Crippen molar-refractivity contribution in [2.45, 2.75) is 6.92 Å². The highest BCUT2D eigenvalue weighted by Crippen LogP contribution is 2.28. The molecule has 3 rings (SSSR count). The van der Waals surface area contributed by atoms with Crippen molar-refractivity contribution in [2.75, 3.05) is 23.8 Å². The summed E-state index contributed by atoms with van der Waals surface area (Å²) in [4.78, 5) is 16.6. The monoisotopic (exact) mass is 380 g/mol. The zero-order chi connectivity index (χ0) is 20.1. The molecule has 0 aliphatic heterocycles. The average Bonchev–Trinajstić information content (AvgIpc) is 3.19. The normalized spacial score (nSPS) is 10.4. The van der Waals surface area contributed by atoms with E-state index in [4.69, 9.17) is 5.11 Å².